The zero-order valence-corrected chi connectivity index (χ0v) is 32.2. The number of ether oxygens (including phenoxy) is 2. The molecule has 1 heterocycles. The topological polar surface area (TPSA) is 169 Å². The van der Waals surface area contributed by atoms with Crippen molar-refractivity contribution in [1.29, 1.82) is 0 Å². The summed E-state index contributed by atoms with van der Waals surface area (Å²) in [6.45, 7) is 5.58. The minimum atomic E-state index is -1.62. The van der Waals surface area contributed by atoms with Gasteiger partial charge in [0.25, 0.3) is 0 Å². The number of allylic oxidation sites excluding steroid dienone is 5. The van der Waals surface area contributed by atoms with Crippen LogP contribution in [0.5, 0.6) is 0 Å². The standard InChI is InChI=1S/C41H75NO9/c1-4-6-8-10-12-13-14-15-16-18-20-24-29-35(45)40(49)42-33(31-50-41-39(48)38(47)37(46)36(30-43)51-41)34(44)28-25-21-23-27-32(3)26-22-19-17-11-9-7-5-2/h22,25-28,33-39,41,43-48H,4-21,23-24,29-31H2,1-3H3,(H,42,49)/b26-22+,28-25+,32-27+/t33-,34+,35+,36+,37+,38-,39+,41+/m0/s1. The smallest absolute Gasteiger partial charge is 0.249 e. The first-order valence-electron chi connectivity index (χ1n) is 20.2. The number of nitrogens with one attached hydrogen (secondary N) is 1. The van der Waals surface area contributed by atoms with Gasteiger partial charge in [-0.2, -0.15) is 0 Å². The van der Waals surface area contributed by atoms with Crippen molar-refractivity contribution in [3.8, 4) is 0 Å². The molecule has 0 bridgehead atoms. The highest BCUT2D eigenvalue weighted by atomic mass is 16.7. The third-order valence-electron chi connectivity index (χ3n) is 9.65. The molecule has 0 aromatic rings. The molecule has 1 aliphatic rings. The van der Waals surface area contributed by atoms with Crippen LogP contribution in [0.2, 0.25) is 0 Å². The second-order valence-corrected chi connectivity index (χ2v) is 14.4. The highest BCUT2D eigenvalue weighted by Gasteiger charge is 2.44. The first-order chi connectivity index (χ1) is 24.7. The lowest BCUT2D eigenvalue weighted by Gasteiger charge is -2.40. The highest BCUT2D eigenvalue weighted by Crippen LogP contribution is 2.22. The number of hydrogen-bond acceptors (Lipinski definition) is 9. The Kier molecular flexibility index (Phi) is 28.6. The van der Waals surface area contributed by atoms with Crippen LogP contribution < -0.4 is 5.32 Å². The Hall–Kier alpha value is -1.63. The third-order valence-corrected chi connectivity index (χ3v) is 9.65. The fraction of sp³-hybridized carbons (Fsp3) is 0.829. The zero-order valence-electron chi connectivity index (χ0n) is 32.2. The van der Waals surface area contributed by atoms with Gasteiger partial charge < -0.3 is 45.4 Å². The number of carbonyl (C=O) groups excluding carboxylic acids is 1. The fourth-order valence-electron chi connectivity index (χ4n) is 6.20. The Morgan fingerprint density at radius 3 is 1.90 bits per heavy atom. The maximum absolute atomic E-state index is 13.0. The van der Waals surface area contributed by atoms with E-state index in [0.717, 1.165) is 32.1 Å². The molecule has 0 saturated carbocycles. The predicted octanol–water partition coefficient (Wildman–Crippen LogP) is 6.30. The monoisotopic (exact) mass is 726 g/mol. The van der Waals surface area contributed by atoms with Gasteiger partial charge in [-0.05, 0) is 39.0 Å². The molecule has 1 fully saturated rings. The van der Waals surface area contributed by atoms with Gasteiger partial charge in [-0.15, -0.1) is 0 Å². The highest BCUT2D eigenvalue weighted by molar-refractivity contribution is 5.80. The molecule has 0 spiro atoms. The summed E-state index contributed by atoms with van der Waals surface area (Å²) < 4.78 is 11.1. The van der Waals surface area contributed by atoms with Crippen LogP contribution >= 0.6 is 0 Å². The second-order valence-electron chi connectivity index (χ2n) is 14.4. The number of aliphatic hydroxyl groups is 6. The van der Waals surface area contributed by atoms with E-state index in [1.165, 1.54) is 89.0 Å². The first-order valence-corrected chi connectivity index (χ1v) is 20.2. The number of hydrogen-bond donors (Lipinski definition) is 7. The third kappa shape index (κ3) is 22.2. The molecule has 0 aliphatic carbocycles. The predicted molar refractivity (Wildman–Crippen MR) is 204 cm³/mol. The average Bonchev–Trinajstić information content (AvgIpc) is 3.12. The molecule has 298 valence electrons. The summed E-state index contributed by atoms with van der Waals surface area (Å²) in [7, 11) is 0. The minimum Gasteiger partial charge on any atom is -0.394 e. The van der Waals surface area contributed by atoms with Gasteiger partial charge in [0.2, 0.25) is 5.91 Å². The summed E-state index contributed by atoms with van der Waals surface area (Å²) in [6.07, 6.45) is 23.4. The van der Waals surface area contributed by atoms with Crippen molar-refractivity contribution in [2.75, 3.05) is 13.2 Å². The van der Waals surface area contributed by atoms with E-state index in [-0.39, 0.29) is 6.61 Å². The molecule has 7 N–H and O–H groups in total. The van der Waals surface area contributed by atoms with Crippen LogP contribution in [0.15, 0.2) is 36.0 Å². The van der Waals surface area contributed by atoms with Gasteiger partial charge in [-0.3, -0.25) is 4.79 Å². The van der Waals surface area contributed by atoms with Crippen molar-refractivity contribution in [2.24, 2.45) is 0 Å². The van der Waals surface area contributed by atoms with E-state index in [0.29, 0.717) is 19.3 Å². The van der Waals surface area contributed by atoms with Crippen LogP contribution in [-0.2, 0) is 14.3 Å². The van der Waals surface area contributed by atoms with E-state index in [1.807, 2.05) is 6.08 Å². The molecular formula is C41H75NO9. The molecule has 0 aromatic carbocycles. The van der Waals surface area contributed by atoms with Gasteiger partial charge in [-0.25, -0.2) is 0 Å². The van der Waals surface area contributed by atoms with Crippen LogP contribution in [0.3, 0.4) is 0 Å². The Morgan fingerprint density at radius 2 is 1.31 bits per heavy atom. The normalized spacial score (nSPS) is 23.2. The Labute approximate surface area is 309 Å². The van der Waals surface area contributed by atoms with Crippen LogP contribution in [0.1, 0.15) is 156 Å². The number of amides is 1. The number of rotatable bonds is 31. The number of carbonyl (C=O) groups is 1. The molecule has 1 saturated heterocycles. The summed E-state index contributed by atoms with van der Waals surface area (Å²) in [4.78, 5) is 13.0. The van der Waals surface area contributed by atoms with E-state index in [9.17, 15) is 35.4 Å². The average molecular weight is 726 g/mol. The molecule has 1 aliphatic heterocycles. The maximum atomic E-state index is 13.0. The van der Waals surface area contributed by atoms with Gasteiger partial charge >= 0.3 is 0 Å². The van der Waals surface area contributed by atoms with E-state index in [2.05, 4.69) is 44.3 Å². The van der Waals surface area contributed by atoms with E-state index in [1.54, 1.807) is 6.08 Å². The van der Waals surface area contributed by atoms with Crippen molar-refractivity contribution in [3.05, 3.63) is 36.0 Å². The lowest BCUT2D eigenvalue weighted by atomic mass is 9.99. The molecule has 8 atom stereocenters. The molecule has 1 rings (SSSR count). The summed E-state index contributed by atoms with van der Waals surface area (Å²) in [5, 5.41) is 64.4. The number of unbranched alkanes of at least 4 members (excludes halogenated alkanes) is 17. The number of aliphatic hydroxyl groups excluding tert-OH is 6. The first kappa shape index (κ1) is 47.4. The van der Waals surface area contributed by atoms with Crippen LogP contribution in [0.4, 0.5) is 0 Å². The minimum absolute atomic E-state index is 0.300. The molecule has 10 heteroatoms. The largest absolute Gasteiger partial charge is 0.394 e. The lowest BCUT2D eigenvalue weighted by molar-refractivity contribution is -0.302. The second kappa shape index (κ2) is 30.8. The van der Waals surface area contributed by atoms with E-state index in [4.69, 9.17) is 9.47 Å². The van der Waals surface area contributed by atoms with Crippen molar-refractivity contribution in [1.82, 2.24) is 5.32 Å². The molecule has 51 heavy (non-hydrogen) atoms. The Balaban J connectivity index is 2.62. The van der Waals surface area contributed by atoms with Crippen LogP contribution in [-0.4, -0.2) is 98.7 Å². The molecule has 0 unspecified atom stereocenters. The van der Waals surface area contributed by atoms with Crippen LogP contribution in [0, 0.1) is 0 Å². The molecule has 10 nitrogen and oxygen atoms in total. The SMILES string of the molecule is CCCCCCC/C=C/C(C)=C/CC/C=C/[C@@H](O)[C@H](CO[C@@H]1O[C@H](CO)[C@@H](O)[C@H](O)[C@H]1O)NC(=O)[C@H](O)CCCCCCCCCCCCCC. The summed E-state index contributed by atoms with van der Waals surface area (Å²) >= 11 is 0. The Morgan fingerprint density at radius 1 is 0.745 bits per heavy atom. The van der Waals surface area contributed by atoms with Crippen molar-refractivity contribution in [3.63, 3.8) is 0 Å². The lowest BCUT2D eigenvalue weighted by Crippen LogP contribution is -2.60. The van der Waals surface area contributed by atoms with Crippen molar-refractivity contribution < 1.29 is 44.9 Å². The zero-order chi connectivity index (χ0) is 37.7. The molecule has 0 radical (unpaired) electrons. The quantitative estimate of drug-likeness (QED) is 0.0246. The maximum Gasteiger partial charge on any atom is 0.249 e. The van der Waals surface area contributed by atoms with Gasteiger partial charge in [-0.1, -0.05) is 153 Å². The molecular weight excluding hydrogens is 650 g/mol. The van der Waals surface area contributed by atoms with Crippen molar-refractivity contribution in [2.45, 2.75) is 205 Å². The molecule has 1 amide bonds. The summed E-state index contributed by atoms with van der Waals surface area (Å²) in [6, 6.07) is -1.00. The Bertz CT molecular complexity index is 940. The fourth-order valence-corrected chi connectivity index (χ4v) is 6.20. The molecule has 0 aromatic heterocycles. The summed E-state index contributed by atoms with van der Waals surface area (Å²) in [5.41, 5.74) is 1.18. The van der Waals surface area contributed by atoms with Gasteiger partial charge in [0, 0.05) is 0 Å². The summed E-state index contributed by atoms with van der Waals surface area (Å²) in [5.74, 6) is -0.636. The van der Waals surface area contributed by atoms with Gasteiger partial charge in [0.05, 0.1) is 25.4 Å². The van der Waals surface area contributed by atoms with E-state index >= 15 is 0 Å². The van der Waals surface area contributed by atoms with E-state index < -0.39 is 61.5 Å². The van der Waals surface area contributed by atoms with Gasteiger partial charge in [0.1, 0.15) is 30.5 Å². The van der Waals surface area contributed by atoms with Crippen molar-refractivity contribution >= 4 is 5.91 Å². The van der Waals surface area contributed by atoms with Crippen LogP contribution in [0.25, 0.3) is 0 Å². The van der Waals surface area contributed by atoms with Gasteiger partial charge in [0.15, 0.2) is 6.29 Å².